The summed E-state index contributed by atoms with van der Waals surface area (Å²) in [5, 5.41) is 9.35. The highest BCUT2D eigenvalue weighted by Gasteiger charge is 2.16. The number of pyridine rings is 1. The Kier molecular flexibility index (Phi) is 4.99. The van der Waals surface area contributed by atoms with E-state index in [0.29, 0.717) is 5.56 Å². The van der Waals surface area contributed by atoms with Gasteiger partial charge in [0.25, 0.3) is 5.91 Å². The molecule has 2 heterocycles. The first-order chi connectivity index (χ1) is 11.6. The van der Waals surface area contributed by atoms with E-state index in [1.807, 2.05) is 12.1 Å². The fourth-order valence-corrected chi connectivity index (χ4v) is 2.99. The Bertz CT molecular complexity index is 675. The average Bonchev–Trinajstić information content (AvgIpc) is 2.91. The second kappa shape index (κ2) is 7.34. The zero-order chi connectivity index (χ0) is 16.9. The Morgan fingerprint density at radius 2 is 1.71 bits per heavy atom. The smallest absolute Gasteiger partial charge is 0.259 e. The van der Waals surface area contributed by atoms with Crippen molar-refractivity contribution in [1.82, 2.24) is 4.98 Å². The maximum Gasteiger partial charge on any atom is 0.259 e. The van der Waals surface area contributed by atoms with Gasteiger partial charge in [-0.05, 0) is 49.2 Å². The van der Waals surface area contributed by atoms with E-state index < -0.39 is 0 Å². The summed E-state index contributed by atoms with van der Waals surface area (Å²) >= 11 is 0. The molecule has 0 bridgehead atoms. The van der Waals surface area contributed by atoms with E-state index in [2.05, 4.69) is 9.88 Å². The lowest BCUT2D eigenvalue weighted by Crippen LogP contribution is -2.27. The van der Waals surface area contributed by atoms with E-state index >= 15 is 0 Å². The van der Waals surface area contributed by atoms with Gasteiger partial charge in [0.15, 0.2) is 0 Å². The molecule has 0 atom stereocenters. The Labute approximate surface area is 142 Å². The number of anilines is 2. The highest BCUT2D eigenvalue weighted by Crippen LogP contribution is 2.21. The number of carbonyl (C=O) groups is 1. The van der Waals surface area contributed by atoms with Gasteiger partial charge in [0, 0.05) is 32.0 Å². The first-order valence-corrected chi connectivity index (χ1v) is 8.43. The molecule has 5 heteroatoms. The Balaban J connectivity index is 1.72. The van der Waals surface area contributed by atoms with Gasteiger partial charge in [-0.25, -0.2) is 4.98 Å². The van der Waals surface area contributed by atoms with Crippen LogP contribution in [0.15, 0.2) is 42.6 Å². The van der Waals surface area contributed by atoms with Crippen LogP contribution in [0.4, 0.5) is 11.5 Å². The zero-order valence-corrected chi connectivity index (χ0v) is 14.0. The van der Waals surface area contributed by atoms with Crippen LogP contribution in [0.1, 0.15) is 36.0 Å². The number of benzene rings is 1. The quantitative estimate of drug-likeness (QED) is 0.939. The summed E-state index contributed by atoms with van der Waals surface area (Å²) < 4.78 is 0. The molecule has 1 aromatic heterocycles. The molecule has 1 saturated heterocycles. The van der Waals surface area contributed by atoms with E-state index in [1.54, 1.807) is 42.4 Å². The number of hydrogen-bond acceptors (Lipinski definition) is 4. The SMILES string of the molecule is CN(C(=O)c1ccc(N2CCCCCC2)nc1)c1ccc(O)cc1. The van der Waals surface area contributed by atoms with Crippen LogP contribution in [-0.4, -0.2) is 36.1 Å². The van der Waals surface area contributed by atoms with Crippen LogP contribution >= 0.6 is 0 Å². The van der Waals surface area contributed by atoms with E-state index in [0.717, 1.165) is 24.6 Å². The minimum absolute atomic E-state index is 0.115. The molecule has 2 aromatic rings. The number of nitrogens with zero attached hydrogens (tertiary/aromatic N) is 3. The first-order valence-electron chi connectivity index (χ1n) is 8.43. The molecule has 126 valence electrons. The van der Waals surface area contributed by atoms with Crippen molar-refractivity contribution in [3.63, 3.8) is 0 Å². The van der Waals surface area contributed by atoms with Gasteiger partial charge in [-0.15, -0.1) is 0 Å². The number of phenols is 1. The van der Waals surface area contributed by atoms with Gasteiger partial charge in [0.1, 0.15) is 11.6 Å². The van der Waals surface area contributed by atoms with Crippen molar-refractivity contribution < 1.29 is 9.90 Å². The van der Waals surface area contributed by atoms with Gasteiger partial charge >= 0.3 is 0 Å². The van der Waals surface area contributed by atoms with E-state index in [-0.39, 0.29) is 11.7 Å². The average molecular weight is 325 g/mol. The highest BCUT2D eigenvalue weighted by molar-refractivity contribution is 6.05. The lowest BCUT2D eigenvalue weighted by molar-refractivity contribution is 0.0992. The predicted octanol–water partition coefficient (Wildman–Crippen LogP) is 3.44. The third-order valence-electron chi connectivity index (χ3n) is 4.47. The minimum atomic E-state index is -0.115. The molecule has 0 spiro atoms. The summed E-state index contributed by atoms with van der Waals surface area (Å²) in [6, 6.07) is 10.3. The number of aromatic hydroxyl groups is 1. The van der Waals surface area contributed by atoms with Gasteiger partial charge in [-0.1, -0.05) is 12.8 Å². The van der Waals surface area contributed by atoms with Crippen LogP contribution < -0.4 is 9.80 Å². The fraction of sp³-hybridized carbons (Fsp3) is 0.368. The molecule has 24 heavy (non-hydrogen) atoms. The molecule has 1 aromatic carbocycles. The highest BCUT2D eigenvalue weighted by atomic mass is 16.3. The zero-order valence-electron chi connectivity index (χ0n) is 14.0. The molecule has 1 aliphatic rings. The van der Waals surface area contributed by atoms with Crippen molar-refractivity contribution in [2.75, 3.05) is 29.9 Å². The predicted molar refractivity (Wildman–Crippen MR) is 95.8 cm³/mol. The Hall–Kier alpha value is -2.56. The largest absolute Gasteiger partial charge is 0.508 e. The van der Waals surface area contributed by atoms with Crippen molar-refractivity contribution in [3.05, 3.63) is 48.2 Å². The molecule has 0 radical (unpaired) electrons. The monoisotopic (exact) mass is 325 g/mol. The van der Waals surface area contributed by atoms with Crippen LogP contribution in [0.2, 0.25) is 0 Å². The first kappa shape index (κ1) is 16.3. The molecule has 1 amide bonds. The number of carbonyl (C=O) groups excluding carboxylic acids is 1. The van der Waals surface area contributed by atoms with Crippen molar-refractivity contribution in [2.24, 2.45) is 0 Å². The van der Waals surface area contributed by atoms with Gasteiger partial charge in [-0.3, -0.25) is 4.79 Å². The van der Waals surface area contributed by atoms with Crippen molar-refractivity contribution in [1.29, 1.82) is 0 Å². The van der Waals surface area contributed by atoms with E-state index in [1.165, 1.54) is 25.7 Å². The van der Waals surface area contributed by atoms with Crippen molar-refractivity contribution in [3.8, 4) is 5.75 Å². The number of aromatic nitrogens is 1. The summed E-state index contributed by atoms with van der Waals surface area (Å²) in [6.07, 6.45) is 6.62. The number of rotatable bonds is 3. The molecular formula is C19H23N3O2. The van der Waals surface area contributed by atoms with E-state index in [4.69, 9.17) is 0 Å². The fourth-order valence-electron chi connectivity index (χ4n) is 2.99. The second-order valence-corrected chi connectivity index (χ2v) is 6.19. The van der Waals surface area contributed by atoms with Crippen LogP contribution in [0.3, 0.4) is 0 Å². The standard InChI is InChI=1S/C19H23N3O2/c1-21(16-7-9-17(23)10-8-16)19(24)15-6-11-18(20-14-15)22-12-4-2-3-5-13-22/h6-11,14,23H,2-5,12-13H2,1H3. The summed E-state index contributed by atoms with van der Waals surface area (Å²) in [6.45, 7) is 2.07. The number of hydrogen-bond donors (Lipinski definition) is 1. The van der Waals surface area contributed by atoms with Crippen molar-refractivity contribution in [2.45, 2.75) is 25.7 Å². The molecule has 1 aliphatic heterocycles. The third kappa shape index (κ3) is 3.67. The van der Waals surface area contributed by atoms with Crippen LogP contribution in [0, 0.1) is 0 Å². The molecular weight excluding hydrogens is 302 g/mol. The summed E-state index contributed by atoms with van der Waals surface area (Å²) in [7, 11) is 1.72. The minimum Gasteiger partial charge on any atom is -0.508 e. The van der Waals surface area contributed by atoms with Crippen LogP contribution in [0.5, 0.6) is 5.75 Å². The summed E-state index contributed by atoms with van der Waals surface area (Å²) in [5.74, 6) is 1.01. The van der Waals surface area contributed by atoms with Crippen LogP contribution in [0.25, 0.3) is 0 Å². The molecule has 1 N–H and O–H groups in total. The summed E-state index contributed by atoms with van der Waals surface area (Å²) in [5.41, 5.74) is 1.29. The maximum absolute atomic E-state index is 12.6. The van der Waals surface area contributed by atoms with Crippen LogP contribution in [-0.2, 0) is 0 Å². The van der Waals surface area contributed by atoms with Gasteiger partial charge in [0.05, 0.1) is 5.56 Å². The van der Waals surface area contributed by atoms with Gasteiger partial charge < -0.3 is 14.9 Å². The third-order valence-corrected chi connectivity index (χ3v) is 4.47. The number of phenolic OH excluding ortho intramolecular Hbond substituents is 1. The number of amides is 1. The Morgan fingerprint density at radius 3 is 2.29 bits per heavy atom. The lowest BCUT2D eigenvalue weighted by atomic mass is 10.2. The Morgan fingerprint density at radius 1 is 1.04 bits per heavy atom. The summed E-state index contributed by atoms with van der Waals surface area (Å²) in [4.78, 5) is 20.9. The van der Waals surface area contributed by atoms with Gasteiger partial charge in [0.2, 0.25) is 0 Å². The normalized spacial score (nSPS) is 15.0. The molecule has 1 fully saturated rings. The molecule has 0 unspecified atom stereocenters. The van der Waals surface area contributed by atoms with Crippen molar-refractivity contribution >= 4 is 17.4 Å². The topological polar surface area (TPSA) is 56.7 Å². The second-order valence-electron chi connectivity index (χ2n) is 6.19. The molecule has 0 saturated carbocycles. The molecule has 3 rings (SSSR count). The maximum atomic E-state index is 12.6. The molecule has 5 nitrogen and oxygen atoms in total. The van der Waals surface area contributed by atoms with Gasteiger partial charge in [-0.2, -0.15) is 0 Å². The lowest BCUT2D eigenvalue weighted by Gasteiger charge is -2.22. The van der Waals surface area contributed by atoms with E-state index in [9.17, 15) is 9.90 Å². The molecule has 0 aliphatic carbocycles.